The number of carbonyl (C=O) groups is 1. The van der Waals surface area contributed by atoms with Gasteiger partial charge in [0.25, 0.3) is 5.91 Å². The Morgan fingerprint density at radius 1 is 1.29 bits per heavy atom. The number of rotatable bonds is 5. The average molecular weight is 362 g/mol. The molecule has 0 atom stereocenters. The fraction of sp³-hybridized carbons (Fsp3) is 0.333. The van der Waals surface area contributed by atoms with Crippen LogP contribution in [0.25, 0.3) is 0 Å². The highest BCUT2D eigenvalue weighted by Gasteiger charge is 2.14. The van der Waals surface area contributed by atoms with Gasteiger partial charge in [-0.05, 0) is 55.0 Å². The van der Waals surface area contributed by atoms with Gasteiger partial charge >= 0.3 is 0 Å². The van der Waals surface area contributed by atoms with E-state index in [1.165, 1.54) is 12.8 Å². The lowest BCUT2D eigenvalue weighted by Gasteiger charge is -2.17. The number of anilines is 1. The number of halogens is 1. The second-order valence-corrected chi connectivity index (χ2v) is 7.03. The highest BCUT2D eigenvalue weighted by Crippen LogP contribution is 2.23. The van der Waals surface area contributed by atoms with E-state index in [4.69, 9.17) is 11.6 Å². The van der Waals surface area contributed by atoms with Gasteiger partial charge in [0.15, 0.2) is 0 Å². The van der Waals surface area contributed by atoms with E-state index in [1.807, 2.05) is 30.5 Å². The van der Waals surface area contributed by atoms with Crippen LogP contribution in [0.3, 0.4) is 0 Å². The molecule has 0 unspecified atom stereocenters. The minimum atomic E-state index is -0.157. The largest absolute Gasteiger partial charge is 0.357 e. The summed E-state index contributed by atoms with van der Waals surface area (Å²) in [5, 5.41) is 3.42. The number of nitrogens with zero attached hydrogens (tertiary/aromatic N) is 2. The maximum absolute atomic E-state index is 12.4. The maximum atomic E-state index is 12.4. The summed E-state index contributed by atoms with van der Waals surface area (Å²) in [6.07, 6.45) is 6.21. The summed E-state index contributed by atoms with van der Waals surface area (Å²) in [6.45, 7) is 2.57. The molecule has 4 nitrogen and oxygen atoms in total. The third kappa shape index (κ3) is 4.02. The van der Waals surface area contributed by atoms with E-state index in [9.17, 15) is 4.79 Å². The number of benzene rings is 1. The Morgan fingerprint density at radius 3 is 2.83 bits per heavy atom. The van der Waals surface area contributed by atoms with Gasteiger partial charge in [0, 0.05) is 30.7 Å². The third-order valence-electron chi connectivity index (χ3n) is 4.11. The molecule has 0 saturated carbocycles. The van der Waals surface area contributed by atoms with Crippen LogP contribution in [0.1, 0.15) is 28.8 Å². The lowest BCUT2D eigenvalue weighted by atomic mass is 10.2. The number of hydrogen-bond donors (Lipinski definition) is 1. The number of amides is 1. The number of thioether (sulfide) groups is 1. The monoisotopic (exact) mass is 361 g/mol. The molecule has 2 heterocycles. The molecule has 1 aliphatic heterocycles. The molecular weight excluding hydrogens is 342 g/mol. The Morgan fingerprint density at radius 2 is 2.08 bits per heavy atom. The molecule has 126 valence electrons. The first-order chi connectivity index (χ1) is 11.7. The first-order valence-corrected chi connectivity index (χ1v) is 9.59. The van der Waals surface area contributed by atoms with Crippen molar-refractivity contribution in [1.82, 2.24) is 10.3 Å². The second-order valence-electron chi connectivity index (χ2n) is 5.74. The number of aromatic nitrogens is 1. The van der Waals surface area contributed by atoms with Crippen molar-refractivity contribution in [3.8, 4) is 0 Å². The fourth-order valence-electron chi connectivity index (χ4n) is 2.77. The average Bonchev–Trinajstić information content (AvgIpc) is 3.15. The first-order valence-electron chi connectivity index (χ1n) is 7.99. The minimum Gasteiger partial charge on any atom is -0.357 e. The summed E-state index contributed by atoms with van der Waals surface area (Å²) >= 11 is 7.74. The lowest BCUT2D eigenvalue weighted by molar-refractivity contribution is 0.0951. The van der Waals surface area contributed by atoms with Crippen molar-refractivity contribution in [2.75, 3.05) is 24.2 Å². The Kier molecular flexibility index (Phi) is 5.63. The van der Waals surface area contributed by atoms with Crippen LogP contribution in [0.4, 0.5) is 5.82 Å². The van der Waals surface area contributed by atoms with Gasteiger partial charge in [-0.15, -0.1) is 11.8 Å². The van der Waals surface area contributed by atoms with Crippen molar-refractivity contribution in [2.24, 2.45) is 0 Å². The molecule has 1 saturated heterocycles. The number of nitrogens with one attached hydrogen (secondary N) is 1. The van der Waals surface area contributed by atoms with Gasteiger partial charge in [-0.25, -0.2) is 4.98 Å². The molecule has 1 fully saturated rings. The zero-order valence-electron chi connectivity index (χ0n) is 13.6. The van der Waals surface area contributed by atoms with Crippen molar-refractivity contribution in [3.63, 3.8) is 0 Å². The predicted molar refractivity (Wildman–Crippen MR) is 100 cm³/mol. The molecular formula is C18H20ClN3OS. The molecule has 1 aromatic heterocycles. The highest BCUT2D eigenvalue weighted by molar-refractivity contribution is 7.98. The normalized spacial score (nSPS) is 14.0. The molecule has 24 heavy (non-hydrogen) atoms. The summed E-state index contributed by atoms with van der Waals surface area (Å²) in [4.78, 5) is 20.2. The van der Waals surface area contributed by atoms with E-state index in [0.29, 0.717) is 17.1 Å². The van der Waals surface area contributed by atoms with Crippen LogP contribution < -0.4 is 10.2 Å². The highest BCUT2D eigenvalue weighted by atomic mass is 35.5. The van der Waals surface area contributed by atoms with E-state index < -0.39 is 0 Å². The van der Waals surface area contributed by atoms with Crippen molar-refractivity contribution in [3.05, 3.63) is 52.7 Å². The SMILES string of the molecule is CSc1ccc(Cl)c(C(=O)NCc2ccnc(N3CCCC3)c2)c1. The smallest absolute Gasteiger partial charge is 0.253 e. The minimum absolute atomic E-state index is 0.157. The van der Waals surface area contributed by atoms with Gasteiger partial charge < -0.3 is 10.2 Å². The van der Waals surface area contributed by atoms with Gasteiger partial charge in [0.1, 0.15) is 5.82 Å². The molecule has 0 radical (unpaired) electrons. The molecule has 6 heteroatoms. The van der Waals surface area contributed by atoms with Gasteiger partial charge in [0.05, 0.1) is 10.6 Å². The van der Waals surface area contributed by atoms with Crippen LogP contribution >= 0.6 is 23.4 Å². The first kappa shape index (κ1) is 17.1. The van der Waals surface area contributed by atoms with Crippen LogP contribution in [-0.2, 0) is 6.54 Å². The molecule has 0 aliphatic carbocycles. The Bertz CT molecular complexity index is 732. The zero-order chi connectivity index (χ0) is 16.9. The third-order valence-corrected chi connectivity index (χ3v) is 5.17. The molecule has 0 bridgehead atoms. The molecule has 1 amide bonds. The van der Waals surface area contributed by atoms with E-state index in [-0.39, 0.29) is 5.91 Å². The standard InChI is InChI=1S/C18H20ClN3OS/c1-24-14-4-5-16(19)15(11-14)18(23)21-12-13-6-7-20-17(10-13)22-8-2-3-9-22/h4-7,10-11H,2-3,8-9,12H2,1H3,(H,21,23). The topological polar surface area (TPSA) is 45.2 Å². The summed E-state index contributed by atoms with van der Waals surface area (Å²) < 4.78 is 0. The van der Waals surface area contributed by atoms with Crippen LogP contribution in [0.15, 0.2) is 41.4 Å². The molecule has 1 aliphatic rings. The number of pyridine rings is 1. The Hall–Kier alpha value is -1.72. The van der Waals surface area contributed by atoms with Gasteiger partial charge in [0.2, 0.25) is 0 Å². The van der Waals surface area contributed by atoms with Gasteiger partial charge in [-0.2, -0.15) is 0 Å². The van der Waals surface area contributed by atoms with Crippen LogP contribution in [0.5, 0.6) is 0 Å². The zero-order valence-corrected chi connectivity index (χ0v) is 15.2. The summed E-state index contributed by atoms with van der Waals surface area (Å²) in [7, 11) is 0. The summed E-state index contributed by atoms with van der Waals surface area (Å²) in [5.41, 5.74) is 1.55. The van der Waals surface area contributed by atoms with E-state index >= 15 is 0 Å². The van der Waals surface area contributed by atoms with Gasteiger partial charge in [-0.3, -0.25) is 4.79 Å². The second kappa shape index (κ2) is 7.90. The van der Waals surface area contributed by atoms with E-state index in [0.717, 1.165) is 29.4 Å². The summed E-state index contributed by atoms with van der Waals surface area (Å²) in [6, 6.07) is 9.48. The van der Waals surface area contributed by atoms with Gasteiger partial charge in [-0.1, -0.05) is 11.6 Å². The molecule has 2 aromatic rings. The molecule has 3 rings (SSSR count). The van der Waals surface area contributed by atoms with Crippen LogP contribution in [0, 0.1) is 0 Å². The fourth-order valence-corrected chi connectivity index (χ4v) is 3.42. The molecule has 1 N–H and O–H groups in total. The molecule has 1 aromatic carbocycles. The van der Waals surface area contributed by atoms with Crippen molar-refractivity contribution >= 4 is 35.1 Å². The predicted octanol–water partition coefficient (Wildman–Crippen LogP) is 3.99. The van der Waals surface area contributed by atoms with Crippen LogP contribution in [-0.4, -0.2) is 30.2 Å². The summed E-state index contributed by atoms with van der Waals surface area (Å²) in [5.74, 6) is 0.831. The lowest BCUT2D eigenvalue weighted by Crippen LogP contribution is -2.24. The van der Waals surface area contributed by atoms with Crippen molar-refractivity contribution < 1.29 is 4.79 Å². The Labute approximate surface area is 151 Å². The number of carbonyl (C=O) groups excluding carboxylic acids is 1. The quantitative estimate of drug-likeness (QED) is 0.818. The maximum Gasteiger partial charge on any atom is 0.253 e. The molecule has 0 spiro atoms. The van der Waals surface area contributed by atoms with Crippen molar-refractivity contribution in [1.29, 1.82) is 0 Å². The van der Waals surface area contributed by atoms with Crippen molar-refractivity contribution in [2.45, 2.75) is 24.3 Å². The van der Waals surface area contributed by atoms with E-state index in [1.54, 1.807) is 24.0 Å². The number of hydrogen-bond acceptors (Lipinski definition) is 4. The van der Waals surface area contributed by atoms with Crippen LogP contribution in [0.2, 0.25) is 5.02 Å². The van der Waals surface area contributed by atoms with E-state index in [2.05, 4.69) is 15.2 Å². The Balaban J connectivity index is 1.67.